The van der Waals surface area contributed by atoms with Crippen LogP contribution in [0.2, 0.25) is 0 Å². The van der Waals surface area contributed by atoms with Crippen molar-refractivity contribution in [1.82, 2.24) is 5.32 Å². The van der Waals surface area contributed by atoms with Crippen molar-refractivity contribution in [3.8, 4) is 5.75 Å². The van der Waals surface area contributed by atoms with Crippen LogP contribution in [-0.4, -0.2) is 18.6 Å². The lowest BCUT2D eigenvalue weighted by atomic mass is 9.99. The molecule has 0 saturated heterocycles. The number of carbonyl (C=O) groups is 1. The van der Waals surface area contributed by atoms with Crippen molar-refractivity contribution in [2.45, 2.75) is 31.8 Å². The minimum absolute atomic E-state index is 0.150. The lowest BCUT2D eigenvalue weighted by Gasteiger charge is -2.29. The van der Waals surface area contributed by atoms with E-state index < -0.39 is 0 Å². The fourth-order valence-electron chi connectivity index (χ4n) is 2.16. The first-order valence-corrected chi connectivity index (χ1v) is 5.99. The van der Waals surface area contributed by atoms with Gasteiger partial charge in [0.1, 0.15) is 5.75 Å². The van der Waals surface area contributed by atoms with Crippen LogP contribution in [-0.2, 0) is 4.79 Å². The maximum Gasteiger partial charge on any atom is 0.234 e. The quantitative estimate of drug-likeness (QED) is 0.826. The summed E-state index contributed by atoms with van der Waals surface area (Å²) in [5, 5.41) is 3.31. The highest BCUT2D eigenvalue weighted by Gasteiger charge is 2.24. The average Bonchev–Trinajstić information content (AvgIpc) is 2.35. The van der Waals surface area contributed by atoms with Crippen molar-refractivity contribution in [1.29, 1.82) is 0 Å². The highest BCUT2D eigenvalue weighted by Crippen LogP contribution is 2.31. The molecule has 0 aliphatic carbocycles. The van der Waals surface area contributed by atoms with E-state index in [4.69, 9.17) is 10.5 Å². The summed E-state index contributed by atoms with van der Waals surface area (Å²) in [4.78, 5) is 11.2. The first kappa shape index (κ1) is 11.9. The molecule has 2 rings (SSSR count). The van der Waals surface area contributed by atoms with Gasteiger partial charge in [0.05, 0.1) is 12.6 Å². The maximum atomic E-state index is 11.2. The van der Waals surface area contributed by atoms with Crippen LogP contribution in [0.4, 0.5) is 0 Å². The van der Waals surface area contributed by atoms with E-state index >= 15 is 0 Å². The lowest BCUT2D eigenvalue weighted by molar-refractivity contribution is -0.120. The first-order valence-electron chi connectivity index (χ1n) is 5.99. The molecule has 0 aromatic heterocycles. The Hall–Kier alpha value is -1.55. The Kier molecular flexibility index (Phi) is 3.64. The number of hydrogen-bond acceptors (Lipinski definition) is 3. The van der Waals surface area contributed by atoms with E-state index in [1.54, 1.807) is 0 Å². The third kappa shape index (κ3) is 2.58. The molecule has 2 atom stereocenters. The molecule has 1 aliphatic heterocycles. The molecule has 4 heteroatoms. The van der Waals surface area contributed by atoms with Gasteiger partial charge in [-0.15, -0.1) is 0 Å². The highest BCUT2D eigenvalue weighted by molar-refractivity contribution is 5.79. The van der Waals surface area contributed by atoms with Crippen molar-refractivity contribution in [3.05, 3.63) is 29.8 Å². The van der Waals surface area contributed by atoms with Gasteiger partial charge in [0.15, 0.2) is 0 Å². The standard InChI is InChI=1S/C13H18N2O2/c1-2-10(13(14)16)15-11-7-8-17-12-6-4-3-5-9(11)12/h3-6,10-11,15H,2,7-8H2,1H3,(H2,14,16). The van der Waals surface area contributed by atoms with Gasteiger partial charge in [-0.2, -0.15) is 0 Å². The molecule has 17 heavy (non-hydrogen) atoms. The zero-order valence-electron chi connectivity index (χ0n) is 9.98. The lowest BCUT2D eigenvalue weighted by Crippen LogP contribution is -2.43. The van der Waals surface area contributed by atoms with Gasteiger partial charge in [-0.25, -0.2) is 0 Å². The molecule has 0 spiro atoms. The topological polar surface area (TPSA) is 64.3 Å². The van der Waals surface area contributed by atoms with Crippen molar-refractivity contribution in [2.24, 2.45) is 5.73 Å². The minimum atomic E-state index is -0.295. The molecule has 92 valence electrons. The number of benzene rings is 1. The number of para-hydroxylation sites is 1. The number of nitrogens with one attached hydrogen (secondary N) is 1. The molecule has 2 unspecified atom stereocenters. The zero-order valence-corrected chi connectivity index (χ0v) is 9.98. The molecule has 1 heterocycles. The number of primary amides is 1. The van der Waals surface area contributed by atoms with Crippen molar-refractivity contribution in [2.75, 3.05) is 6.61 Å². The van der Waals surface area contributed by atoms with E-state index in [1.165, 1.54) is 0 Å². The summed E-state index contributed by atoms with van der Waals surface area (Å²) in [5.41, 5.74) is 6.46. The van der Waals surface area contributed by atoms with Crippen LogP contribution in [0.15, 0.2) is 24.3 Å². The molecule has 0 fully saturated rings. The van der Waals surface area contributed by atoms with Crippen molar-refractivity contribution >= 4 is 5.91 Å². The largest absolute Gasteiger partial charge is 0.493 e. The Morgan fingerprint density at radius 2 is 2.35 bits per heavy atom. The van der Waals surface area contributed by atoms with Gasteiger partial charge >= 0.3 is 0 Å². The first-order chi connectivity index (χ1) is 8.22. The van der Waals surface area contributed by atoms with Crippen LogP contribution >= 0.6 is 0 Å². The molecular formula is C13H18N2O2. The van der Waals surface area contributed by atoms with Gasteiger partial charge in [-0.05, 0) is 12.5 Å². The number of fused-ring (bicyclic) bond motifs is 1. The second-order valence-corrected chi connectivity index (χ2v) is 4.26. The smallest absolute Gasteiger partial charge is 0.234 e. The molecular weight excluding hydrogens is 216 g/mol. The van der Waals surface area contributed by atoms with Crippen LogP contribution in [0, 0.1) is 0 Å². The fraction of sp³-hybridized carbons (Fsp3) is 0.462. The molecule has 1 aromatic rings. The summed E-state index contributed by atoms with van der Waals surface area (Å²) in [6.45, 7) is 2.62. The Morgan fingerprint density at radius 1 is 1.59 bits per heavy atom. The van der Waals surface area contributed by atoms with Gasteiger partial charge < -0.3 is 10.5 Å². The molecule has 1 aliphatic rings. The molecule has 4 nitrogen and oxygen atoms in total. The SMILES string of the molecule is CCC(NC1CCOc2ccccc21)C(N)=O. The molecule has 1 amide bonds. The summed E-state index contributed by atoms with van der Waals surface area (Å²) in [5.74, 6) is 0.604. The summed E-state index contributed by atoms with van der Waals surface area (Å²) in [6, 6.07) is 7.79. The predicted molar refractivity (Wildman–Crippen MR) is 65.7 cm³/mol. The Labute approximate surface area is 101 Å². The number of ether oxygens (including phenoxy) is 1. The van der Waals surface area contributed by atoms with Gasteiger partial charge in [0.25, 0.3) is 0 Å². The molecule has 1 aromatic carbocycles. The van der Waals surface area contributed by atoms with Crippen LogP contribution in [0.25, 0.3) is 0 Å². The van der Waals surface area contributed by atoms with E-state index in [2.05, 4.69) is 5.32 Å². The van der Waals surface area contributed by atoms with Crippen LogP contribution in [0.1, 0.15) is 31.4 Å². The third-order valence-corrected chi connectivity index (χ3v) is 3.11. The summed E-state index contributed by atoms with van der Waals surface area (Å²) < 4.78 is 5.57. The minimum Gasteiger partial charge on any atom is -0.493 e. The molecule has 0 radical (unpaired) electrons. The van der Waals surface area contributed by atoms with Crippen molar-refractivity contribution in [3.63, 3.8) is 0 Å². The normalized spacial score (nSPS) is 20.2. The number of hydrogen-bond donors (Lipinski definition) is 2. The van der Waals surface area contributed by atoms with Crippen LogP contribution < -0.4 is 15.8 Å². The van der Waals surface area contributed by atoms with E-state index in [1.807, 2.05) is 31.2 Å². The molecule has 0 bridgehead atoms. The van der Waals surface area contributed by atoms with Crippen LogP contribution in [0.5, 0.6) is 5.75 Å². The molecule has 0 saturated carbocycles. The number of carbonyl (C=O) groups excluding carboxylic acids is 1. The zero-order chi connectivity index (χ0) is 12.3. The van der Waals surface area contributed by atoms with Crippen LogP contribution in [0.3, 0.4) is 0 Å². The van der Waals surface area contributed by atoms with E-state index in [0.29, 0.717) is 13.0 Å². The number of amides is 1. The summed E-state index contributed by atoms with van der Waals surface area (Å²) in [7, 11) is 0. The van der Waals surface area contributed by atoms with Gasteiger partial charge in [-0.1, -0.05) is 25.1 Å². The molecule has 3 N–H and O–H groups in total. The second-order valence-electron chi connectivity index (χ2n) is 4.26. The van der Waals surface area contributed by atoms with Gasteiger partial charge in [-0.3, -0.25) is 10.1 Å². The Morgan fingerprint density at radius 3 is 3.06 bits per heavy atom. The second kappa shape index (κ2) is 5.19. The number of rotatable bonds is 4. The highest BCUT2D eigenvalue weighted by atomic mass is 16.5. The fourth-order valence-corrected chi connectivity index (χ4v) is 2.16. The van der Waals surface area contributed by atoms with Gasteiger partial charge in [0.2, 0.25) is 5.91 Å². The monoisotopic (exact) mass is 234 g/mol. The van der Waals surface area contributed by atoms with E-state index in [0.717, 1.165) is 17.7 Å². The Balaban J connectivity index is 2.15. The summed E-state index contributed by atoms with van der Waals surface area (Å²) in [6.07, 6.45) is 1.57. The van der Waals surface area contributed by atoms with Gasteiger partial charge in [0, 0.05) is 18.0 Å². The van der Waals surface area contributed by atoms with E-state index in [9.17, 15) is 4.79 Å². The maximum absolute atomic E-state index is 11.2. The number of nitrogens with two attached hydrogens (primary N) is 1. The predicted octanol–water partition coefficient (Wildman–Crippen LogP) is 1.36. The third-order valence-electron chi connectivity index (χ3n) is 3.11. The van der Waals surface area contributed by atoms with E-state index in [-0.39, 0.29) is 18.0 Å². The Bertz CT molecular complexity index is 406. The van der Waals surface area contributed by atoms with Crippen molar-refractivity contribution < 1.29 is 9.53 Å². The average molecular weight is 234 g/mol. The summed E-state index contributed by atoms with van der Waals surface area (Å²) >= 11 is 0.